The molecule has 0 saturated carbocycles. The van der Waals surface area contributed by atoms with Crippen LogP contribution in [0.15, 0.2) is 48.5 Å². The molecule has 2 N–H and O–H groups in total. The molecule has 5 heteroatoms. The molecule has 0 bridgehead atoms. The standard InChI is InChI=1S/C20H25ClO4/c1-2-17(22)13-24-19-7-3-15(4-8-19)11-16-5-9-20(10-6-16)25-14-18(23)12-21/h3-10,17-18,22-23H,2,11-14H2,1H3. The van der Waals surface area contributed by atoms with Crippen LogP contribution in [0.2, 0.25) is 0 Å². The van der Waals surface area contributed by atoms with Crippen molar-refractivity contribution in [2.45, 2.75) is 32.0 Å². The van der Waals surface area contributed by atoms with Crippen LogP contribution in [-0.2, 0) is 6.42 Å². The highest BCUT2D eigenvalue weighted by Gasteiger charge is 2.04. The second-order valence-electron chi connectivity index (χ2n) is 5.96. The van der Waals surface area contributed by atoms with Crippen molar-refractivity contribution < 1.29 is 19.7 Å². The van der Waals surface area contributed by atoms with Crippen LogP contribution in [0.25, 0.3) is 0 Å². The predicted octanol–water partition coefficient (Wildman–Crippen LogP) is 3.41. The lowest BCUT2D eigenvalue weighted by Gasteiger charge is -2.11. The molecule has 0 amide bonds. The van der Waals surface area contributed by atoms with Crippen LogP contribution < -0.4 is 9.47 Å². The number of aliphatic hydroxyl groups excluding tert-OH is 2. The Morgan fingerprint density at radius 2 is 1.24 bits per heavy atom. The molecule has 0 aliphatic rings. The van der Waals surface area contributed by atoms with E-state index in [1.807, 2.05) is 55.5 Å². The van der Waals surface area contributed by atoms with E-state index >= 15 is 0 Å². The normalized spacial score (nSPS) is 13.3. The maximum atomic E-state index is 9.52. The first-order valence-corrected chi connectivity index (χ1v) is 8.99. The van der Waals surface area contributed by atoms with Crippen molar-refractivity contribution >= 4 is 11.6 Å². The summed E-state index contributed by atoms with van der Waals surface area (Å²) in [5, 5.41) is 18.9. The fraction of sp³-hybridized carbons (Fsp3) is 0.400. The molecule has 4 nitrogen and oxygen atoms in total. The van der Waals surface area contributed by atoms with Crippen LogP contribution >= 0.6 is 11.6 Å². The van der Waals surface area contributed by atoms with E-state index in [0.29, 0.717) is 18.8 Å². The SMILES string of the molecule is CCC(O)COc1ccc(Cc2ccc(OCC(O)CCl)cc2)cc1. The molecular weight excluding hydrogens is 340 g/mol. The predicted molar refractivity (Wildman–Crippen MR) is 99.7 cm³/mol. The molecule has 0 spiro atoms. The topological polar surface area (TPSA) is 58.9 Å². The molecule has 0 radical (unpaired) electrons. The lowest BCUT2D eigenvalue weighted by Crippen LogP contribution is -2.18. The van der Waals surface area contributed by atoms with E-state index in [-0.39, 0.29) is 12.5 Å². The zero-order valence-corrected chi connectivity index (χ0v) is 15.2. The van der Waals surface area contributed by atoms with Gasteiger partial charge in [-0.05, 0) is 48.2 Å². The maximum absolute atomic E-state index is 9.52. The number of aliphatic hydroxyl groups is 2. The number of rotatable bonds is 10. The van der Waals surface area contributed by atoms with Crippen molar-refractivity contribution in [2.75, 3.05) is 19.1 Å². The van der Waals surface area contributed by atoms with Gasteiger partial charge in [-0.3, -0.25) is 0 Å². The summed E-state index contributed by atoms with van der Waals surface area (Å²) in [5.41, 5.74) is 2.34. The van der Waals surface area contributed by atoms with Crippen LogP contribution in [0.3, 0.4) is 0 Å². The van der Waals surface area contributed by atoms with Gasteiger partial charge in [-0.15, -0.1) is 11.6 Å². The van der Waals surface area contributed by atoms with E-state index in [9.17, 15) is 10.2 Å². The average molecular weight is 365 g/mol. The third-order valence-corrected chi connectivity index (χ3v) is 4.15. The van der Waals surface area contributed by atoms with E-state index < -0.39 is 12.2 Å². The number of alkyl halides is 1. The van der Waals surface area contributed by atoms with Crippen LogP contribution in [-0.4, -0.2) is 41.5 Å². The molecule has 0 fully saturated rings. The molecule has 2 unspecified atom stereocenters. The Balaban J connectivity index is 1.85. The summed E-state index contributed by atoms with van der Waals surface area (Å²) in [6, 6.07) is 15.7. The van der Waals surface area contributed by atoms with E-state index in [0.717, 1.165) is 12.2 Å². The molecular formula is C20H25ClO4. The van der Waals surface area contributed by atoms with Crippen molar-refractivity contribution in [1.29, 1.82) is 0 Å². The van der Waals surface area contributed by atoms with E-state index in [1.54, 1.807) is 0 Å². The van der Waals surface area contributed by atoms with Gasteiger partial charge in [0.2, 0.25) is 0 Å². The lowest BCUT2D eigenvalue weighted by atomic mass is 10.0. The smallest absolute Gasteiger partial charge is 0.119 e. The number of hydrogen-bond acceptors (Lipinski definition) is 4. The highest BCUT2D eigenvalue weighted by molar-refractivity contribution is 6.18. The third kappa shape index (κ3) is 6.94. The molecule has 0 aliphatic heterocycles. The van der Waals surface area contributed by atoms with E-state index in [4.69, 9.17) is 21.1 Å². The number of benzene rings is 2. The van der Waals surface area contributed by atoms with Gasteiger partial charge < -0.3 is 19.7 Å². The molecule has 136 valence electrons. The minimum absolute atomic E-state index is 0.162. The Morgan fingerprint density at radius 1 is 0.800 bits per heavy atom. The Morgan fingerprint density at radius 3 is 1.64 bits per heavy atom. The second-order valence-corrected chi connectivity index (χ2v) is 6.27. The first-order chi connectivity index (χ1) is 12.1. The summed E-state index contributed by atoms with van der Waals surface area (Å²) < 4.78 is 11.0. The van der Waals surface area contributed by atoms with Crippen LogP contribution in [0.5, 0.6) is 11.5 Å². The van der Waals surface area contributed by atoms with Gasteiger partial charge in [-0.2, -0.15) is 0 Å². The summed E-state index contributed by atoms with van der Waals surface area (Å²) in [6.45, 7) is 2.43. The Kier molecular flexibility index (Phi) is 8.06. The quantitative estimate of drug-likeness (QED) is 0.634. The van der Waals surface area contributed by atoms with E-state index in [2.05, 4.69) is 0 Å². The fourth-order valence-electron chi connectivity index (χ4n) is 2.19. The van der Waals surface area contributed by atoms with Crippen molar-refractivity contribution in [3.8, 4) is 11.5 Å². The Labute approximate surface area is 154 Å². The minimum atomic E-state index is -0.652. The molecule has 2 aromatic rings. The number of hydrogen-bond donors (Lipinski definition) is 2. The Hall–Kier alpha value is -1.75. The highest BCUT2D eigenvalue weighted by atomic mass is 35.5. The molecule has 2 rings (SSSR count). The average Bonchev–Trinajstić information content (AvgIpc) is 2.66. The molecule has 2 atom stereocenters. The largest absolute Gasteiger partial charge is 0.491 e. The molecule has 2 aromatic carbocycles. The second kappa shape index (κ2) is 10.3. The van der Waals surface area contributed by atoms with Crippen molar-refractivity contribution in [3.63, 3.8) is 0 Å². The van der Waals surface area contributed by atoms with Gasteiger partial charge >= 0.3 is 0 Å². The maximum Gasteiger partial charge on any atom is 0.119 e. The summed E-state index contributed by atoms with van der Waals surface area (Å²) in [4.78, 5) is 0. The number of halogens is 1. The summed E-state index contributed by atoms with van der Waals surface area (Å²) >= 11 is 5.54. The van der Waals surface area contributed by atoms with Crippen molar-refractivity contribution in [3.05, 3.63) is 59.7 Å². The molecule has 0 saturated heterocycles. The van der Waals surface area contributed by atoms with Crippen molar-refractivity contribution in [2.24, 2.45) is 0 Å². The lowest BCUT2D eigenvalue weighted by molar-refractivity contribution is 0.104. The molecule has 0 aliphatic carbocycles. The van der Waals surface area contributed by atoms with E-state index in [1.165, 1.54) is 11.1 Å². The molecule has 0 aromatic heterocycles. The first-order valence-electron chi connectivity index (χ1n) is 8.46. The van der Waals surface area contributed by atoms with Crippen LogP contribution in [0.4, 0.5) is 0 Å². The highest BCUT2D eigenvalue weighted by Crippen LogP contribution is 2.18. The minimum Gasteiger partial charge on any atom is -0.491 e. The third-order valence-electron chi connectivity index (χ3n) is 3.79. The van der Waals surface area contributed by atoms with Gasteiger partial charge in [-0.1, -0.05) is 31.2 Å². The zero-order chi connectivity index (χ0) is 18.1. The van der Waals surface area contributed by atoms with Gasteiger partial charge in [0.05, 0.1) is 12.0 Å². The van der Waals surface area contributed by atoms with Gasteiger partial charge in [0, 0.05) is 0 Å². The van der Waals surface area contributed by atoms with Gasteiger partial charge in [-0.25, -0.2) is 0 Å². The monoisotopic (exact) mass is 364 g/mol. The summed E-state index contributed by atoms with van der Waals surface area (Å²) in [7, 11) is 0. The number of ether oxygens (including phenoxy) is 2. The zero-order valence-electron chi connectivity index (χ0n) is 14.4. The molecule has 0 heterocycles. The summed E-state index contributed by atoms with van der Waals surface area (Å²) in [5.74, 6) is 1.64. The summed E-state index contributed by atoms with van der Waals surface area (Å²) in [6.07, 6.45) is 0.414. The van der Waals surface area contributed by atoms with Gasteiger partial charge in [0.1, 0.15) is 30.8 Å². The van der Waals surface area contributed by atoms with Gasteiger partial charge in [0.25, 0.3) is 0 Å². The van der Waals surface area contributed by atoms with Crippen molar-refractivity contribution in [1.82, 2.24) is 0 Å². The first kappa shape index (κ1) is 19.6. The van der Waals surface area contributed by atoms with Gasteiger partial charge in [0.15, 0.2) is 0 Å². The molecule has 25 heavy (non-hydrogen) atoms. The van der Waals surface area contributed by atoms with Crippen LogP contribution in [0, 0.1) is 0 Å². The van der Waals surface area contributed by atoms with Crippen LogP contribution in [0.1, 0.15) is 24.5 Å². The fourth-order valence-corrected chi connectivity index (χ4v) is 2.28. The Bertz CT molecular complexity index is 557.